The molecule has 4 rings (SSSR count). The highest BCUT2D eigenvalue weighted by atomic mass is 16.5. The van der Waals surface area contributed by atoms with E-state index in [1.807, 2.05) is 50.2 Å². The summed E-state index contributed by atoms with van der Waals surface area (Å²) in [6.07, 6.45) is 0.630. The van der Waals surface area contributed by atoms with Crippen LogP contribution in [0, 0.1) is 5.92 Å². The predicted octanol–water partition coefficient (Wildman–Crippen LogP) is 3.96. The van der Waals surface area contributed by atoms with Gasteiger partial charge in [0.05, 0.1) is 11.9 Å². The summed E-state index contributed by atoms with van der Waals surface area (Å²) in [5.74, 6) is -1.69. The van der Waals surface area contributed by atoms with E-state index >= 15 is 0 Å². The Morgan fingerprint density at radius 3 is 2.26 bits per heavy atom. The number of carboxylic acids is 1. The van der Waals surface area contributed by atoms with Crippen molar-refractivity contribution in [1.82, 2.24) is 14.7 Å². The highest BCUT2D eigenvalue weighted by Gasteiger charge is 2.30. The second-order valence-corrected chi connectivity index (χ2v) is 8.95. The summed E-state index contributed by atoms with van der Waals surface area (Å²) in [5, 5.41) is 15.9. The molecule has 1 heterocycles. The highest BCUT2D eigenvalue weighted by Crippen LogP contribution is 2.44. The van der Waals surface area contributed by atoms with E-state index in [0.717, 1.165) is 22.3 Å². The van der Waals surface area contributed by atoms with Gasteiger partial charge in [-0.3, -0.25) is 19.6 Å². The van der Waals surface area contributed by atoms with Gasteiger partial charge >= 0.3 is 12.1 Å². The summed E-state index contributed by atoms with van der Waals surface area (Å²) < 4.78 is 6.89. The number of carbonyl (C=O) groups excluding carboxylic acids is 2. The molecule has 0 saturated heterocycles. The van der Waals surface area contributed by atoms with E-state index in [2.05, 4.69) is 22.5 Å². The first-order chi connectivity index (χ1) is 16.8. The van der Waals surface area contributed by atoms with Crippen molar-refractivity contribution < 1.29 is 24.2 Å². The van der Waals surface area contributed by atoms with Crippen LogP contribution in [0.2, 0.25) is 0 Å². The molecular formula is C26H28N4O5. The van der Waals surface area contributed by atoms with E-state index in [4.69, 9.17) is 4.74 Å². The molecule has 0 atom stereocenters. The normalized spacial score (nSPS) is 12.2. The van der Waals surface area contributed by atoms with Crippen molar-refractivity contribution in [1.29, 1.82) is 0 Å². The maximum Gasteiger partial charge on any atom is 0.411 e. The maximum absolute atomic E-state index is 13.2. The van der Waals surface area contributed by atoms with Crippen LogP contribution in [0.3, 0.4) is 0 Å². The third kappa shape index (κ3) is 5.03. The molecule has 2 N–H and O–H groups in total. The van der Waals surface area contributed by atoms with Gasteiger partial charge in [0, 0.05) is 19.5 Å². The predicted molar refractivity (Wildman–Crippen MR) is 130 cm³/mol. The first-order valence-corrected chi connectivity index (χ1v) is 11.4. The number of benzene rings is 2. The molecule has 0 saturated carbocycles. The van der Waals surface area contributed by atoms with Crippen LogP contribution in [-0.4, -0.2) is 57.5 Å². The molecule has 35 heavy (non-hydrogen) atoms. The summed E-state index contributed by atoms with van der Waals surface area (Å²) in [6.45, 7) is 3.71. The van der Waals surface area contributed by atoms with Crippen LogP contribution in [0.25, 0.3) is 11.1 Å². The Morgan fingerprint density at radius 2 is 1.69 bits per heavy atom. The number of carboxylic acid groups (broad SMARTS) is 1. The lowest BCUT2D eigenvalue weighted by atomic mass is 9.98. The van der Waals surface area contributed by atoms with Crippen molar-refractivity contribution in [2.75, 3.05) is 25.0 Å². The minimum absolute atomic E-state index is 0.0602. The van der Waals surface area contributed by atoms with Crippen molar-refractivity contribution in [3.05, 3.63) is 71.5 Å². The van der Waals surface area contributed by atoms with Crippen molar-refractivity contribution in [2.45, 2.75) is 19.8 Å². The first-order valence-electron chi connectivity index (χ1n) is 11.4. The van der Waals surface area contributed by atoms with Gasteiger partial charge in [-0.2, -0.15) is 5.10 Å². The standard InChI is InChI=1S/C26H28N4O5/c1-16(2)13-30(14-23(31)32)25(33)24-22(12-27-29(24)3)28-26(34)35-15-21-19-10-6-4-8-17(19)18-9-5-7-11-20(18)21/h4-12,16,21H,13-15H2,1-3H3,(H,28,34)(H,31,32). The molecule has 9 heteroatoms. The van der Waals surface area contributed by atoms with Crippen LogP contribution in [0.4, 0.5) is 10.5 Å². The number of ether oxygens (including phenoxy) is 1. The number of aromatic nitrogens is 2. The fourth-order valence-corrected chi connectivity index (χ4v) is 4.50. The molecule has 3 aromatic rings. The molecule has 2 aromatic carbocycles. The lowest BCUT2D eigenvalue weighted by Gasteiger charge is -2.23. The van der Waals surface area contributed by atoms with Crippen molar-refractivity contribution in [3.63, 3.8) is 0 Å². The summed E-state index contributed by atoms with van der Waals surface area (Å²) >= 11 is 0. The number of hydrogen-bond acceptors (Lipinski definition) is 5. The second-order valence-electron chi connectivity index (χ2n) is 8.95. The molecule has 182 valence electrons. The Bertz CT molecular complexity index is 1220. The third-order valence-corrected chi connectivity index (χ3v) is 5.92. The van der Waals surface area contributed by atoms with Gasteiger partial charge in [0.1, 0.15) is 18.8 Å². The van der Waals surface area contributed by atoms with Gasteiger partial charge in [0.2, 0.25) is 0 Å². The number of rotatable bonds is 8. The van der Waals surface area contributed by atoms with Crippen LogP contribution in [0.1, 0.15) is 41.4 Å². The van der Waals surface area contributed by atoms with E-state index < -0.39 is 24.5 Å². The topological polar surface area (TPSA) is 114 Å². The number of aliphatic carboxylic acids is 1. The Morgan fingerprint density at radius 1 is 1.09 bits per heavy atom. The molecule has 0 fully saturated rings. The van der Waals surface area contributed by atoms with Gasteiger partial charge in [-0.15, -0.1) is 0 Å². The summed E-state index contributed by atoms with van der Waals surface area (Å²) in [7, 11) is 1.56. The molecule has 1 aliphatic carbocycles. The number of anilines is 1. The average molecular weight is 477 g/mol. The molecule has 0 radical (unpaired) electrons. The fraction of sp³-hybridized carbons (Fsp3) is 0.308. The van der Waals surface area contributed by atoms with Crippen molar-refractivity contribution in [3.8, 4) is 11.1 Å². The zero-order valence-electron chi connectivity index (χ0n) is 19.9. The summed E-state index contributed by atoms with van der Waals surface area (Å²) in [6, 6.07) is 16.1. The molecule has 0 spiro atoms. The third-order valence-electron chi connectivity index (χ3n) is 5.92. The molecule has 9 nitrogen and oxygen atoms in total. The molecule has 1 aromatic heterocycles. The highest BCUT2D eigenvalue weighted by molar-refractivity contribution is 6.02. The monoisotopic (exact) mass is 476 g/mol. The molecule has 2 amide bonds. The first kappa shape index (κ1) is 24.0. The second kappa shape index (κ2) is 10.0. The summed E-state index contributed by atoms with van der Waals surface area (Å²) in [4.78, 5) is 38.4. The van der Waals surface area contributed by atoms with Gasteiger partial charge < -0.3 is 14.7 Å². The van der Waals surface area contributed by atoms with Gasteiger partial charge in [0.15, 0.2) is 0 Å². The van der Waals surface area contributed by atoms with Crippen LogP contribution >= 0.6 is 0 Å². The van der Waals surface area contributed by atoms with E-state index in [0.29, 0.717) is 0 Å². The van der Waals surface area contributed by atoms with Crippen molar-refractivity contribution >= 4 is 23.7 Å². The van der Waals surface area contributed by atoms with Crippen LogP contribution < -0.4 is 5.32 Å². The van der Waals surface area contributed by atoms with Crippen LogP contribution in [-0.2, 0) is 16.6 Å². The smallest absolute Gasteiger partial charge is 0.411 e. The lowest BCUT2D eigenvalue weighted by Crippen LogP contribution is -2.39. The van der Waals surface area contributed by atoms with Gasteiger partial charge in [0.25, 0.3) is 5.91 Å². The number of hydrogen-bond donors (Lipinski definition) is 2. The van der Waals surface area contributed by atoms with Crippen LogP contribution in [0.5, 0.6) is 0 Å². The number of aryl methyl sites for hydroxylation is 1. The number of amides is 2. The van der Waals surface area contributed by atoms with Crippen LogP contribution in [0.15, 0.2) is 54.7 Å². The average Bonchev–Trinajstić information content (AvgIpc) is 3.33. The molecule has 1 aliphatic rings. The molecule has 0 unspecified atom stereocenters. The fourth-order valence-electron chi connectivity index (χ4n) is 4.50. The molecular weight excluding hydrogens is 448 g/mol. The zero-order chi connectivity index (χ0) is 25.1. The minimum atomic E-state index is -1.12. The largest absolute Gasteiger partial charge is 0.480 e. The quantitative estimate of drug-likeness (QED) is 0.509. The SMILES string of the molecule is CC(C)CN(CC(=O)O)C(=O)c1c(NC(=O)OCC2c3ccccc3-c3ccccc32)cnn1C. The Balaban J connectivity index is 1.48. The molecule has 0 bridgehead atoms. The maximum atomic E-state index is 13.2. The number of nitrogens with one attached hydrogen (secondary N) is 1. The zero-order valence-corrected chi connectivity index (χ0v) is 19.9. The Kier molecular flexibility index (Phi) is 6.86. The van der Waals surface area contributed by atoms with Gasteiger partial charge in [-0.25, -0.2) is 4.79 Å². The Hall–Kier alpha value is -4.14. The van der Waals surface area contributed by atoms with Crippen molar-refractivity contribution in [2.24, 2.45) is 13.0 Å². The number of fused-ring (bicyclic) bond motifs is 3. The number of nitrogens with zero attached hydrogens (tertiary/aromatic N) is 3. The summed E-state index contributed by atoms with van der Waals surface area (Å²) in [5.41, 5.74) is 4.68. The Labute approximate surface area is 203 Å². The number of carbonyl (C=O) groups is 3. The van der Waals surface area contributed by atoms with E-state index in [9.17, 15) is 19.5 Å². The lowest BCUT2D eigenvalue weighted by molar-refractivity contribution is -0.137. The van der Waals surface area contributed by atoms with Gasteiger partial charge in [-0.1, -0.05) is 62.4 Å². The van der Waals surface area contributed by atoms with E-state index in [1.54, 1.807) is 7.05 Å². The van der Waals surface area contributed by atoms with Gasteiger partial charge in [-0.05, 0) is 28.2 Å². The van der Waals surface area contributed by atoms with E-state index in [-0.39, 0.29) is 36.4 Å². The van der Waals surface area contributed by atoms with E-state index in [1.165, 1.54) is 15.8 Å². The minimum Gasteiger partial charge on any atom is -0.480 e. The molecule has 0 aliphatic heterocycles.